The number of aliphatic imine (C=N–C) groups is 1. The zero-order valence-electron chi connectivity index (χ0n) is 14.0. The van der Waals surface area contributed by atoms with Gasteiger partial charge in [0.05, 0.1) is 22.2 Å². The minimum Gasteiger partial charge on any atom is -0.492 e. The van der Waals surface area contributed by atoms with Crippen molar-refractivity contribution < 1.29 is 9.53 Å². The Morgan fingerprint density at radius 1 is 1.19 bits per heavy atom. The van der Waals surface area contributed by atoms with E-state index in [9.17, 15) is 4.79 Å². The highest BCUT2D eigenvalue weighted by Crippen LogP contribution is 2.31. The van der Waals surface area contributed by atoms with E-state index in [-0.39, 0.29) is 5.91 Å². The van der Waals surface area contributed by atoms with Crippen LogP contribution in [0.4, 0.5) is 5.69 Å². The summed E-state index contributed by atoms with van der Waals surface area (Å²) >= 11 is 13.4. The number of carbonyl (C=O) groups excluding carboxylic acids is 1. The van der Waals surface area contributed by atoms with Gasteiger partial charge in [-0.1, -0.05) is 36.2 Å². The number of halogens is 2. The minimum absolute atomic E-state index is 0.190. The number of nitrogens with one attached hydrogen (secondary N) is 1. The molecule has 0 atom stereocenters. The number of amides is 1. The maximum Gasteiger partial charge on any atom is 0.264 e. The summed E-state index contributed by atoms with van der Waals surface area (Å²) in [5.41, 5.74) is 1.54. The summed E-state index contributed by atoms with van der Waals surface area (Å²) in [5.74, 6) is 0.453. The predicted octanol–water partition coefficient (Wildman–Crippen LogP) is 5.67. The summed E-state index contributed by atoms with van der Waals surface area (Å²) in [6, 6.07) is 12.5. The fourth-order valence-corrected chi connectivity index (χ4v) is 3.41. The third-order valence-corrected chi connectivity index (χ3v) is 4.88. The van der Waals surface area contributed by atoms with Crippen LogP contribution in [0.1, 0.15) is 18.9 Å². The van der Waals surface area contributed by atoms with Gasteiger partial charge >= 0.3 is 0 Å². The number of rotatable bonds is 5. The Labute approximate surface area is 166 Å². The highest BCUT2D eigenvalue weighted by Gasteiger charge is 2.23. The van der Waals surface area contributed by atoms with Gasteiger partial charge in [-0.25, -0.2) is 4.99 Å². The smallest absolute Gasteiger partial charge is 0.264 e. The highest BCUT2D eigenvalue weighted by molar-refractivity contribution is 8.18. The van der Waals surface area contributed by atoms with Crippen LogP contribution in [0.2, 0.25) is 10.0 Å². The average Bonchev–Trinajstić information content (AvgIpc) is 2.95. The molecule has 1 N–H and O–H groups in total. The molecule has 2 aromatic carbocycles. The van der Waals surface area contributed by atoms with E-state index in [0.717, 1.165) is 17.7 Å². The van der Waals surface area contributed by atoms with E-state index in [1.54, 1.807) is 36.4 Å². The molecule has 1 aliphatic rings. The second-order valence-corrected chi connectivity index (χ2v) is 7.37. The molecule has 2 aromatic rings. The normalized spacial score (nSPS) is 17.0. The van der Waals surface area contributed by atoms with E-state index in [0.29, 0.717) is 32.5 Å². The third kappa shape index (κ3) is 4.81. The Bertz CT molecular complexity index is 880. The maximum atomic E-state index is 12.2. The van der Waals surface area contributed by atoms with E-state index in [1.807, 2.05) is 19.1 Å². The van der Waals surface area contributed by atoms with Crippen molar-refractivity contribution >= 4 is 57.8 Å². The summed E-state index contributed by atoms with van der Waals surface area (Å²) < 4.78 is 5.56. The number of hydrogen-bond acceptors (Lipinski definition) is 4. The molecule has 0 bridgehead atoms. The van der Waals surface area contributed by atoms with Gasteiger partial charge in [-0.15, -0.1) is 0 Å². The van der Waals surface area contributed by atoms with Crippen LogP contribution in [0.15, 0.2) is 52.4 Å². The van der Waals surface area contributed by atoms with Crippen molar-refractivity contribution in [3.63, 3.8) is 0 Å². The van der Waals surface area contributed by atoms with Gasteiger partial charge in [0.1, 0.15) is 5.75 Å². The Balaban J connectivity index is 1.76. The van der Waals surface area contributed by atoms with Gasteiger partial charge in [0, 0.05) is 5.02 Å². The van der Waals surface area contributed by atoms with Crippen molar-refractivity contribution in [1.82, 2.24) is 5.32 Å². The standard InChI is InChI=1S/C19H16Cl2N2O2S/c1-2-9-25-16-8-3-12(10-15(16)21)11-17-18(24)23-19(26-17)22-14-6-4-13(20)5-7-14/h3-8,10-11H,2,9H2,1H3,(H,22,23,24). The first-order chi connectivity index (χ1) is 12.5. The average molecular weight is 407 g/mol. The van der Waals surface area contributed by atoms with Gasteiger partial charge in [0.15, 0.2) is 5.17 Å². The molecule has 4 nitrogen and oxygen atoms in total. The fraction of sp³-hybridized carbons (Fsp3) is 0.158. The largest absolute Gasteiger partial charge is 0.492 e. The van der Waals surface area contributed by atoms with Gasteiger partial charge in [-0.2, -0.15) is 0 Å². The number of benzene rings is 2. The Kier molecular flexibility index (Phi) is 6.25. The number of nitrogens with zero attached hydrogens (tertiary/aromatic N) is 1. The SMILES string of the molecule is CCCOc1ccc(C=C2SC(=Nc3ccc(Cl)cc3)NC2=O)cc1Cl. The summed E-state index contributed by atoms with van der Waals surface area (Å²) in [6.07, 6.45) is 2.69. The lowest BCUT2D eigenvalue weighted by molar-refractivity contribution is -0.115. The quantitative estimate of drug-likeness (QED) is 0.650. The van der Waals surface area contributed by atoms with Crippen LogP contribution in [0, 0.1) is 0 Å². The number of thioether (sulfide) groups is 1. The van der Waals surface area contributed by atoms with Crippen molar-refractivity contribution in [2.45, 2.75) is 13.3 Å². The topological polar surface area (TPSA) is 50.7 Å². The zero-order chi connectivity index (χ0) is 18.5. The predicted molar refractivity (Wildman–Crippen MR) is 109 cm³/mol. The molecule has 1 amide bonds. The van der Waals surface area contributed by atoms with Crippen LogP contribution in [0.25, 0.3) is 6.08 Å². The molecule has 0 aromatic heterocycles. The lowest BCUT2D eigenvalue weighted by atomic mass is 10.2. The second-order valence-electron chi connectivity index (χ2n) is 5.50. The minimum atomic E-state index is -0.190. The van der Waals surface area contributed by atoms with Gasteiger partial charge in [-0.3, -0.25) is 4.79 Å². The molecule has 0 aliphatic carbocycles. The Hall–Kier alpha value is -1.95. The molecule has 3 rings (SSSR count). The molecular weight excluding hydrogens is 391 g/mol. The molecule has 0 unspecified atom stereocenters. The third-order valence-electron chi connectivity index (χ3n) is 3.42. The molecule has 1 heterocycles. The number of amidine groups is 1. The van der Waals surface area contributed by atoms with Crippen molar-refractivity contribution in [2.75, 3.05) is 6.61 Å². The molecule has 0 spiro atoms. The summed E-state index contributed by atoms with van der Waals surface area (Å²) in [4.78, 5) is 17.1. The summed E-state index contributed by atoms with van der Waals surface area (Å²) in [7, 11) is 0. The van der Waals surface area contributed by atoms with E-state index >= 15 is 0 Å². The van der Waals surface area contributed by atoms with Crippen molar-refractivity contribution in [2.24, 2.45) is 4.99 Å². The highest BCUT2D eigenvalue weighted by atomic mass is 35.5. The molecule has 7 heteroatoms. The fourth-order valence-electron chi connectivity index (χ4n) is 2.20. The van der Waals surface area contributed by atoms with Gasteiger partial charge in [0.25, 0.3) is 5.91 Å². The van der Waals surface area contributed by atoms with Gasteiger partial charge in [-0.05, 0) is 66.2 Å². The first-order valence-corrected chi connectivity index (χ1v) is 9.60. The molecule has 134 valence electrons. The van der Waals surface area contributed by atoms with E-state index < -0.39 is 0 Å². The zero-order valence-corrected chi connectivity index (χ0v) is 16.3. The van der Waals surface area contributed by atoms with Crippen molar-refractivity contribution in [3.8, 4) is 5.75 Å². The molecule has 1 aliphatic heterocycles. The maximum absolute atomic E-state index is 12.2. The second kappa shape index (κ2) is 8.62. The summed E-state index contributed by atoms with van der Waals surface area (Å²) in [5, 5.41) is 4.44. The van der Waals surface area contributed by atoms with E-state index in [1.165, 1.54) is 11.8 Å². The van der Waals surface area contributed by atoms with Gasteiger partial charge < -0.3 is 10.1 Å². The lowest BCUT2D eigenvalue weighted by Crippen LogP contribution is -2.19. The van der Waals surface area contributed by atoms with Crippen molar-refractivity contribution in [3.05, 3.63) is 63.0 Å². The van der Waals surface area contributed by atoms with Gasteiger partial charge in [0.2, 0.25) is 0 Å². The van der Waals surface area contributed by atoms with E-state index in [4.69, 9.17) is 27.9 Å². The first kappa shape index (κ1) is 18.8. The van der Waals surface area contributed by atoms with E-state index in [2.05, 4.69) is 10.3 Å². The van der Waals surface area contributed by atoms with Crippen LogP contribution in [-0.4, -0.2) is 17.7 Å². The number of hydrogen-bond donors (Lipinski definition) is 1. The first-order valence-electron chi connectivity index (χ1n) is 8.02. The van der Waals surface area contributed by atoms with Crippen LogP contribution >= 0.6 is 35.0 Å². The van der Waals surface area contributed by atoms with Crippen LogP contribution in [0.5, 0.6) is 5.75 Å². The van der Waals surface area contributed by atoms with Crippen molar-refractivity contribution in [1.29, 1.82) is 0 Å². The monoisotopic (exact) mass is 406 g/mol. The molecule has 0 saturated carbocycles. The lowest BCUT2D eigenvalue weighted by Gasteiger charge is -2.07. The van der Waals surface area contributed by atoms with Crippen LogP contribution in [-0.2, 0) is 4.79 Å². The molecular formula is C19H16Cl2N2O2S. The van der Waals surface area contributed by atoms with Crippen LogP contribution < -0.4 is 10.1 Å². The number of carbonyl (C=O) groups is 1. The van der Waals surface area contributed by atoms with Crippen LogP contribution in [0.3, 0.4) is 0 Å². The molecule has 1 fully saturated rings. The summed E-state index contributed by atoms with van der Waals surface area (Å²) in [6.45, 7) is 2.65. The Morgan fingerprint density at radius 3 is 2.65 bits per heavy atom. The Morgan fingerprint density at radius 2 is 1.96 bits per heavy atom. The number of ether oxygens (including phenoxy) is 1. The molecule has 0 radical (unpaired) electrons. The molecule has 1 saturated heterocycles. The molecule has 26 heavy (non-hydrogen) atoms.